The van der Waals surface area contributed by atoms with Crippen LogP contribution in [0.3, 0.4) is 0 Å². The van der Waals surface area contributed by atoms with E-state index < -0.39 is 0 Å². The van der Waals surface area contributed by atoms with Crippen molar-refractivity contribution >= 4 is 23.1 Å². The number of anilines is 2. The molecule has 3 nitrogen and oxygen atoms in total. The van der Waals surface area contributed by atoms with Gasteiger partial charge in [0.1, 0.15) is 0 Å². The molecule has 0 radical (unpaired) electrons. The number of fused-ring (bicyclic) bond motifs is 1. The van der Waals surface area contributed by atoms with Crippen LogP contribution in [0.2, 0.25) is 0 Å². The second-order valence-corrected chi connectivity index (χ2v) is 5.01. The Labute approximate surface area is 118 Å². The summed E-state index contributed by atoms with van der Waals surface area (Å²) >= 11 is 5.85. The molecule has 98 valence electrons. The zero-order valence-corrected chi connectivity index (χ0v) is 11.5. The van der Waals surface area contributed by atoms with Gasteiger partial charge in [0.15, 0.2) is 5.82 Å². The fraction of sp³-hybridized carbons (Fsp3) is 0.333. The fourth-order valence-corrected chi connectivity index (χ4v) is 2.65. The van der Waals surface area contributed by atoms with Gasteiger partial charge in [-0.2, -0.15) is 0 Å². The first kappa shape index (κ1) is 12.4. The highest BCUT2D eigenvalue weighted by Crippen LogP contribution is 2.31. The SMILES string of the molecule is ClCc1cncc(N2CCCCc3ccccc32)n1. The summed E-state index contributed by atoms with van der Waals surface area (Å²) in [5, 5.41) is 0. The number of hydrogen-bond donors (Lipinski definition) is 0. The van der Waals surface area contributed by atoms with Crippen LogP contribution in [0.15, 0.2) is 36.7 Å². The Balaban J connectivity index is 2.03. The van der Waals surface area contributed by atoms with Crippen LogP contribution >= 0.6 is 11.6 Å². The summed E-state index contributed by atoms with van der Waals surface area (Å²) in [5.74, 6) is 1.29. The van der Waals surface area contributed by atoms with Gasteiger partial charge < -0.3 is 4.90 Å². The van der Waals surface area contributed by atoms with Crippen molar-refractivity contribution in [2.24, 2.45) is 0 Å². The van der Waals surface area contributed by atoms with Crippen molar-refractivity contribution < 1.29 is 0 Å². The van der Waals surface area contributed by atoms with Crippen LogP contribution in [0.4, 0.5) is 11.5 Å². The molecule has 2 heterocycles. The van der Waals surface area contributed by atoms with Gasteiger partial charge in [-0.25, -0.2) is 4.98 Å². The zero-order valence-electron chi connectivity index (χ0n) is 10.7. The molecule has 4 heteroatoms. The number of aromatic nitrogens is 2. The number of benzene rings is 1. The summed E-state index contributed by atoms with van der Waals surface area (Å²) in [6, 6.07) is 8.54. The lowest BCUT2D eigenvalue weighted by molar-refractivity contribution is 0.756. The second kappa shape index (κ2) is 5.57. The number of nitrogens with zero attached hydrogens (tertiary/aromatic N) is 3. The van der Waals surface area contributed by atoms with Crippen molar-refractivity contribution in [3.05, 3.63) is 47.9 Å². The van der Waals surface area contributed by atoms with E-state index in [1.807, 2.05) is 6.20 Å². The molecule has 0 atom stereocenters. The number of para-hydroxylation sites is 1. The molecule has 2 aromatic rings. The Hall–Kier alpha value is -1.61. The Kier molecular flexibility index (Phi) is 3.65. The maximum atomic E-state index is 5.85. The van der Waals surface area contributed by atoms with Crippen molar-refractivity contribution in [3.8, 4) is 0 Å². The minimum atomic E-state index is 0.399. The van der Waals surface area contributed by atoms with Gasteiger partial charge >= 0.3 is 0 Å². The summed E-state index contributed by atoms with van der Waals surface area (Å²) in [6.07, 6.45) is 7.06. The second-order valence-electron chi connectivity index (χ2n) is 4.74. The van der Waals surface area contributed by atoms with Gasteiger partial charge in [0.05, 0.1) is 17.8 Å². The minimum Gasteiger partial charge on any atom is -0.325 e. The normalized spacial score (nSPS) is 14.9. The molecule has 19 heavy (non-hydrogen) atoms. The first-order valence-electron chi connectivity index (χ1n) is 6.61. The maximum absolute atomic E-state index is 5.85. The number of rotatable bonds is 2. The molecule has 1 aliphatic heterocycles. The highest BCUT2D eigenvalue weighted by molar-refractivity contribution is 6.16. The van der Waals surface area contributed by atoms with Gasteiger partial charge in [-0.1, -0.05) is 18.2 Å². The van der Waals surface area contributed by atoms with Crippen LogP contribution < -0.4 is 4.90 Å². The molecule has 0 fully saturated rings. The van der Waals surface area contributed by atoms with E-state index >= 15 is 0 Å². The molecule has 0 spiro atoms. The van der Waals surface area contributed by atoms with Crippen LogP contribution in [0, 0.1) is 0 Å². The minimum absolute atomic E-state index is 0.399. The standard InChI is InChI=1S/C15H16ClN3/c16-9-13-10-17-11-15(18-13)19-8-4-3-6-12-5-1-2-7-14(12)19/h1-2,5,7,10-11H,3-4,6,8-9H2. The lowest BCUT2D eigenvalue weighted by Crippen LogP contribution is -2.19. The van der Waals surface area contributed by atoms with E-state index in [9.17, 15) is 0 Å². The third-order valence-corrected chi connectivity index (χ3v) is 3.72. The van der Waals surface area contributed by atoms with Gasteiger partial charge in [-0.05, 0) is 30.9 Å². The molecule has 0 amide bonds. The molecule has 0 saturated heterocycles. The van der Waals surface area contributed by atoms with Crippen molar-refractivity contribution in [2.45, 2.75) is 25.1 Å². The van der Waals surface area contributed by atoms with Crippen molar-refractivity contribution in [1.82, 2.24) is 9.97 Å². The first-order valence-corrected chi connectivity index (χ1v) is 7.14. The van der Waals surface area contributed by atoms with Crippen molar-refractivity contribution in [3.63, 3.8) is 0 Å². The van der Waals surface area contributed by atoms with E-state index in [0.29, 0.717) is 5.88 Å². The van der Waals surface area contributed by atoms with Crippen LogP contribution in [-0.4, -0.2) is 16.5 Å². The number of hydrogen-bond acceptors (Lipinski definition) is 3. The molecule has 1 aromatic carbocycles. The monoisotopic (exact) mass is 273 g/mol. The average Bonchev–Trinajstić information content (AvgIpc) is 2.69. The number of aryl methyl sites for hydroxylation is 1. The van der Waals surface area contributed by atoms with Crippen LogP contribution in [0.5, 0.6) is 0 Å². The largest absolute Gasteiger partial charge is 0.325 e. The predicted octanol–water partition coefficient (Wildman–Crippen LogP) is 3.69. The van der Waals surface area contributed by atoms with E-state index in [4.69, 9.17) is 11.6 Å². The van der Waals surface area contributed by atoms with Gasteiger partial charge in [0, 0.05) is 18.4 Å². The average molecular weight is 274 g/mol. The van der Waals surface area contributed by atoms with Crippen molar-refractivity contribution in [1.29, 1.82) is 0 Å². The van der Waals surface area contributed by atoms with Crippen molar-refractivity contribution in [2.75, 3.05) is 11.4 Å². The zero-order chi connectivity index (χ0) is 13.1. The van der Waals surface area contributed by atoms with Gasteiger partial charge in [-0.3, -0.25) is 4.98 Å². The fourth-order valence-electron chi connectivity index (χ4n) is 2.52. The van der Waals surface area contributed by atoms with E-state index in [-0.39, 0.29) is 0 Å². The third-order valence-electron chi connectivity index (χ3n) is 3.45. The quantitative estimate of drug-likeness (QED) is 0.782. The summed E-state index contributed by atoms with van der Waals surface area (Å²) in [7, 11) is 0. The molecular formula is C15H16ClN3. The van der Waals surface area contributed by atoms with E-state index in [1.54, 1.807) is 6.20 Å². The van der Waals surface area contributed by atoms with Gasteiger partial charge in [0.25, 0.3) is 0 Å². The first-order chi connectivity index (χ1) is 9.38. The number of halogens is 1. The summed E-state index contributed by atoms with van der Waals surface area (Å²) in [4.78, 5) is 11.1. The van der Waals surface area contributed by atoms with E-state index in [2.05, 4.69) is 39.1 Å². The molecule has 0 unspecified atom stereocenters. The summed E-state index contributed by atoms with van der Waals surface area (Å²) in [6.45, 7) is 0.984. The van der Waals surface area contributed by atoms with Crippen LogP contribution in [-0.2, 0) is 12.3 Å². The van der Waals surface area contributed by atoms with Gasteiger partial charge in [0.2, 0.25) is 0 Å². The molecule has 0 N–H and O–H groups in total. The molecule has 0 aliphatic carbocycles. The molecule has 1 aromatic heterocycles. The Morgan fingerprint density at radius 3 is 2.95 bits per heavy atom. The maximum Gasteiger partial charge on any atom is 0.151 e. The topological polar surface area (TPSA) is 29.0 Å². The van der Waals surface area contributed by atoms with Gasteiger partial charge in [-0.15, -0.1) is 11.6 Å². The molecule has 3 rings (SSSR count). The number of alkyl halides is 1. The van der Waals surface area contributed by atoms with Crippen LogP contribution in [0.25, 0.3) is 0 Å². The highest BCUT2D eigenvalue weighted by atomic mass is 35.5. The Morgan fingerprint density at radius 2 is 2.05 bits per heavy atom. The van der Waals surface area contributed by atoms with Crippen LogP contribution in [0.1, 0.15) is 24.1 Å². The Bertz CT molecular complexity index is 571. The third kappa shape index (κ3) is 2.56. The van der Waals surface area contributed by atoms with E-state index in [1.165, 1.54) is 24.1 Å². The summed E-state index contributed by atoms with van der Waals surface area (Å²) < 4.78 is 0. The highest BCUT2D eigenvalue weighted by Gasteiger charge is 2.17. The molecule has 0 bridgehead atoms. The molecule has 1 aliphatic rings. The lowest BCUT2D eigenvalue weighted by Gasteiger charge is -2.23. The lowest BCUT2D eigenvalue weighted by atomic mass is 10.1. The smallest absolute Gasteiger partial charge is 0.151 e. The Morgan fingerprint density at radius 1 is 1.16 bits per heavy atom. The van der Waals surface area contributed by atoms with E-state index in [0.717, 1.165) is 24.5 Å². The molecule has 0 saturated carbocycles. The molecular weight excluding hydrogens is 258 g/mol. The predicted molar refractivity (Wildman–Crippen MR) is 78.0 cm³/mol. The summed E-state index contributed by atoms with van der Waals surface area (Å²) in [5.41, 5.74) is 3.46.